The van der Waals surface area contributed by atoms with Crippen LogP contribution in [0.1, 0.15) is 20.8 Å². The summed E-state index contributed by atoms with van der Waals surface area (Å²) in [5.74, 6) is 0.652. The van der Waals surface area contributed by atoms with Crippen molar-refractivity contribution in [3.05, 3.63) is 24.3 Å². The molecule has 0 aromatic heterocycles. The minimum absolute atomic E-state index is 0.117. The fourth-order valence-corrected chi connectivity index (χ4v) is 1.34. The molecule has 0 aliphatic rings. The molecule has 0 heterocycles. The number of methoxy groups -OCH3 is 1. The fourth-order valence-electron chi connectivity index (χ4n) is 1.13. The van der Waals surface area contributed by atoms with Gasteiger partial charge in [-0.15, -0.1) is 0 Å². The summed E-state index contributed by atoms with van der Waals surface area (Å²) in [6, 6.07) is 7.29. The minimum Gasteiger partial charge on any atom is -0.497 e. The number of benzene rings is 1. The van der Waals surface area contributed by atoms with Crippen molar-refractivity contribution in [1.82, 2.24) is 5.32 Å². The summed E-state index contributed by atoms with van der Waals surface area (Å²) in [5.41, 5.74) is 0.334. The van der Waals surface area contributed by atoms with Gasteiger partial charge in [-0.3, -0.25) is 4.79 Å². The van der Waals surface area contributed by atoms with Crippen molar-refractivity contribution in [2.24, 2.45) is 5.41 Å². The Kier molecular flexibility index (Phi) is 4.67. The van der Waals surface area contributed by atoms with Gasteiger partial charge in [-0.1, -0.05) is 20.8 Å². The van der Waals surface area contributed by atoms with Crippen LogP contribution >= 0.6 is 12.2 Å². The van der Waals surface area contributed by atoms with Gasteiger partial charge in [-0.25, -0.2) is 0 Å². The maximum absolute atomic E-state index is 11.7. The summed E-state index contributed by atoms with van der Waals surface area (Å²) in [5, 5.41) is 5.88. The normalized spacial score (nSPS) is 10.7. The molecule has 0 radical (unpaired) electrons. The molecule has 5 heteroatoms. The third-order valence-electron chi connectivity index (χ3n) is 2.26. The molecule has 98 valence electrons. The van der Waals surface area contributed by atoms with E-state index in [-0.39, 0.29) is 5.91 Å². The SMILES string of the molecule is COc1ccc(NC(=S)NC(=O)C(C)(C)C)cc1. The van der Waals surface area contributed by atoms with Crippen LogP contribution in [-0.2, 0) is 4.79 Å². The molecule has 0 saturated heterocycles. The molecule has 0 aliphatic carbocycles. The molecular formula is C13H18N2O2S. The molecule has 0 atom stereocenters. The summed E-state index contributed by atoms with van der Waals surface area (Å²) in [7, 11) is 1.61. The summed E-state index contributed by atoms with van der Waals surface area (Å²) in [4.78, 5) is 11.7. The van der Waals surface area contributed by atoms with Crippen LogP contribution in [0, 0.1) is 5.41 Å². The Hall–Kier alpha value is -1.62. The van der Waals surface area contributed by atoms with Gasteiger partial charge < -0.3 is 15.4 Å². The van der Waals surface area contributed by atoms with E-state index < -0.39 is 5.41 Å². The van der Waals surface area contributed by atoms with E-state index in [0.29, 0.717) is 5.11 Å². The van der Waals surface area contributed by atoms with Gasteiger partial charge in [0.1, 0.15) is 5.75 Å². The summed E-state index contributed by atoms with van der Waals surface area (Å²) >= 11 is 5.07. The molecule has 0 saturated carbocycles. The second-order valence-corrected chi connectivity index (χ2v) is 5.29. The standard InChI is InChI=1S/C13H18N2O2S/c1-13(2,3)11(16)15-12(18)14-9-5-7-10(17-4)8-6-9/h5-8H,1-4H3,(H2,14,15,16,18). The highest BCUT2D eigenvalue weighted by atomic mass is 32.1. The largest absolute Gasteiger partial charge is 0.497 e. The van der Waals surface area contributed by atoms with Crippen molar-refractivity contribution >= 4 is 28.9 Å². The van der Waals surface area contributed by atoms with E-state index in [0.717, 1.165) is 11.4 Å². The second kappa shape index (κ2) is 5.82. The minimum atomic E-state index is -0.467. The molecule has 0 unspecified atom stereocenters. The zero-order chi connectivity index (χ0) is 13.8. The Labute approximate surface area is 113 Å². The van der Waals surface area contributed by atoms with Crippen LogP contribution in [0.25, 0.3) is 0 Å². The van der Waals surface area contributed by atoms with Crippen molar-refractivity contribution in [1.29, 1.82) is 0 Å². The molecule has 0 spiro atoms. The predicted octanol–water partition coefficient (Wildman–Crippen LogP) is 2.55. The molecule has 0 fully saturated rings. The first-order chi connectivity index (χ1) is 8.32. The smallest absolute Gasteiger partial charge is 0.231 e. The molecule has 1 amide bonds. The highest BCUT2D eigenvalue weighted by Gasteiger charge is 2.21. The Bertz CT molecular complexity index is 435. The molecule has 18 heavy (non-hydrogen) atoms. The number of carbonyl (C=O) groups is 1. The zero-order valence-corrected chi connectivity index (χ0v) is 11.9. The lowest BCUT2D eigenvalue weighted by Crippen LogP contribution is -2.41. The van der Waals surface area contributed by atoms with Gasteiger partial charge in [-0.05, 0) is 36.5 Å². The highest BCUT2D eigenvalue weighted by molar-refractivity contribution is 7.80. The van der Waals surface area contributed by atoms with Gasteiger partial charge in [-0.2, -0.15) is 0 Å². The van der Waals surface area contributed by atoms with E-state index in [1.165, 1.54) is 0 Å². The third-order valence-corrected chi connectivity index (χ3v) is 2.46. The van der Waals surface area contributed by atoms with Crippen LogP contribution in [-0.4, -0.2) is 18.1 Å². The number of nitrogens with one attached hydrogen (secondary N) is 2. The van der Waals surface area contributed by atoms with E-state index >= 15 is 0 Å². The van der Waals surface area contributed by atoms with Gasteiger partial charge in [0.25, 0.3) is 0 Å². The fraction of sp³-hybridized carbons (Fsp3) is 0.385. The molecule has 1 aromatic carbocycles. The van der Waals surface area contributed by atoms with E-state index in [2.05, 4.69) is 10.6 Å². The van der Waals surface area contributed by atoms with E-state index in [1.807, 2.05) is 45.0 Å². The Morgan fingerprint density at radius 3 is 2.22 bits per heavy atom. The van der Waals surface area contributed by atoms with E-state index in [4.69, 9.17) is 17.0 Å². The van der Waals surface area contributed by atoms with Crippen molar-refractivity contribution < 1.29 is 9.53 Å². The number of amides is 1. The summed E-state index contributed by atoms with van der Waals surface area (Å²) in [6.45, 7) is 5.50. The summed E-state index contributed by atoms with van der Waals surface area (Å²) in [6.07, 6.45) is 0. The zero-order valence-electron chi connectivity index (χ0n) is 11.0. The quantitative estimate of drug-likeness (QED) is 0.808. The molecule has 4 nitrogen and oxygen atoms in total. The second-order valence-electron chi connectivity index (χ2n) is 4.89. The average Bonchev–Trinajstić information content (AvgIpc) is 2.28. The van der Waals surface area contributed by atoms with Crippen molar-refractivity contribution in [2.75, 3.05) is 12.4 Å². The molecular weight excluding hydrogens is 248 g/mol. The van der Waals surface area contributed by atoms with E-state index in [1.54, 1.807) is 7.11 Å². The first kappa shape index (κ1) is 14.4. The average molecular weight is 266 g/mol. The Morgan fingerprint density at radius 2 is 1.78 bits per heavy atom. The van der Waals surface area contributed by atoms with Crippen molar-refractivity contribution in [2.45, 2.75) is 20.8 Å². The lowest BCUT2D eigenvalue weighted by molar-refractivity contribution is -0.126. The number of anilines is 1. The third kappa shape index (κ3) is 4.33. The first-order valence-electron chi connectivity index (χ1n) is 5.59. The lowest BCUT2D eigenvalue weighted by atomic mass is 9.96. The Morgan fingerprint density at radius 1 is 1.22 bits per heavy atom. The van der Waals surface area contributed by atoms with Crippen LogP contribution in [0.2, 0.25) is 0 Å². The van der Waals surface area contributed by atoms with Gasteiger partial charge in [0, 0.05) is 11.1 Å². The van der Waals surface area contributed by atoms with Crippen molar-refractivity contribution in [3.63, 3.8) is 0 Å². The number of thiocarbonyl (C=S) groups is 1. The highest BCUT2D eigenvalue weighted by Crippen LogP contribution is 2.15. The van der Waals surface area contributed by atoms with Crippen LogP contribution in [0.4, 0.5) is 5.69 Å². The molecule has 1 rings (SSSR count). The molecule has 2 N–H and O–H groups in total. The summed E-state index contributed by atoms with van der Waals surface area (Å²) < 4.78 is 5.05. The van der Waals surface area contributed by atoms with E-state index in [9.17, 15) is 4.79 Å². The molecule has 0 bridgehead atoms. The maximum Gasteiger partial charge on any atom is 0.231 e. The van der Waals surface area contributed by atoms with Crippen LogP contribution in [0.15, 0.2) is 24.3 Å². The predicted molar refractivity (Wildman–Crippen MR) is 76.8 cm³/mol. The van der Waals surface area contributed by atoms with Gasteiger partial charge in [0.2, 0.25) is 5.91 Å². The van der Waals surface area contributed by atoms with Gasteiger partial charge in [0.05, 0.1) is 7.11 Å². The lowest BCUT2D eigenvalue weighted by Gasteiger charge is -2.18. The number of ether oxygens (including phenoxy) is 1. The number of rotatable bonds is 2. The van der Waals surface area contributed by atoms with Crippen LogP contribution in [0.3, 0.4) is 0 Å². The van der Waals surface area contributed by atoms with Gasteiger partial charge >= 0.3 is 0 Å². The maximum atomic E-state index is 11.7. The van der Waals surface area contributed by atoms with Crippen LogP contribution < -0.4 is 15.4 Å². The van der Waals surface area contributed by atoms with Gasteiger partial charge in [0.15, 0.2) is 5.11 Å². The first-order valence-corrected chi connectivity index (χ1v) is 6.00. The topological polar surface area (TPSA) is 50.4 Å². The van der Waals surface area contributed by atoms with Crippen LogP contribution in [0.5, 0.6) is 5.75 Å². The number of hydrogen-bond donors (Lipinski definition) is 2. The monoisotopic (exact) mass is 266 g/mol. The number of hydrogen-bond acceptors (Lipinski definition) is 3. The molecule has 1 aromatic rings. The van der Waals surface area contributed by atoms with Crippen molar-refractivity contribution in [3.8, 4) is 5.75 Å². The number of carbonyl (C=O) groups excluding carboxylic acids is 1. The molecule has 0 aliphatic heterocycles. The Balaban J connectivity index is 2.57.